The van der Waals surface area contributed by atoms with Gasteiger partial charge in [0.15, 0.2) is 0 Å². The van der Waals surface area contributed by atoms with Crippen molar-refractivity contribution >= 4 is 0 Å². The first kappa shape index (κ1) is 13.1. The number of piperidine rings is 1. The highest BCUT2D eigenvalue weighted by atomic mass is 16.3. The van der Waals surface area contributed by atoms with Crippen molar-refractivity contribution in [3.05, 3.63) is 18.0 Å². The van der Waals surface area contributed by atoms with Gasteiger partial charge in [-0.05, 0) is 45.1 Å². The van der Waals surface area contributed by atoms with Crippen LogP contribution in [0.25, 0.3) is 0 Å². The number of rotatable bonds is 4. The molecule has 0 aromatic carbocycles. The van der Waals surface area contributed by atoms with Crippen LogP contribution in [-0.2, 0) is 6.54 Å². The molecule has 106 valence electrons. The van der Waals surface area contributed by atoms with Gasteiger partial charge in [0, 0.05) is 30.9 Å². The van der Waals surface area contributed by atoms with Crippen molar-refractivity contribution < 1.29 is 5.11 Å². The Morgan fingerprint density at radius 3 is 2.68 bits per heavy atom. The largest absolute Gasteiger partial charge is 0.393 e. The minimum Gasteiger partial charge on any atom is -0.393 e. The Morgan fingerprint density at radius 1 is 1.37 bits per heavy atom. The molecule has 1 N–H and O–H groups in total. The number of aliphatic hydroxyl groups excluding tert-OH is 1. The molecule has 0 radical (unpaired) electrons. The lowest BCUT2D eigenvalue weighted by Crippen LogP contribution is -2.44. The third kappa shape index (κ3) is 2.56. The molecule has 1 aromatic heterocycles. The second kappa shape index (κ2) is 5.25. The summed E-state index contributed by atoms with van der Waals surface area (Å²) in [7, 11) is 0. The Balaban J connectivity index is 1.67. The average Bonchev–Trinajstić information content (AvgIpc) is 2.94. The van der Waals surface area contributed by atoms with Crippen molar-refractivity contribution in [3.63, 3.8) is 0 Å². The average molecular weight is 263 g/mol. The van der Waals surface area contributed by atoms with Crippen LogP contribution < -0.4 is 0 Å². The van der Waals surface area contributed by atoms with Gasteiger partial charge >= 0.3 is 0 Å². The summed E-state index contributed by atoms with van der Waals surface area (Å²) in [5.41, 5.74) is 1.17. The second-order valence-corrected chi connectivity index (χ2v) is 6.23. The summed E-state index contributed by atoms with van der Waals surface area (Å²) in [6.45, 7) is 5.35. The Morgan fingerprint density at radius 2 is 2.05 bits per heavy atom. The zero-order chi connectivity index (χ0) is 13.4. The lowest BCUT2D eigenvalue weighted by Gasteiger charge is -2.36. The first-order valence-electron chi connectivity index (χ1n) is 7.65. The molecule has 2 aliphatic heterocycles. The molecule has 2 saturated heterocycles. The van der Waals surface area contributed by atoms with Crippen LogP contribution >= 0.6 is 0 Å². The summed E-state index contributed by atoms with van der Waals surface area (Å²) < 4.78 is 2.08. The molecule has 2 bridgehead atoms. The quantitative estimate of drug-likeness (QED) is 0.906. The number of aliphatic hydroxyl groups is 1. The zero-order valence-corrected chi connectivity index (χ0v) is 12.0. The molecule has 1 aromatic rings. The normalized spacial score (nSPS) is 32.7. The Kier molecular flexibility index (Phi) is 3.63. The van der Waals surface area contributed by atoms with E-state index in [9.17, 15) is 5.11 Å². The van der Waals surface area contributed by atoms with Crippen molar-refractivity contribution in [2.24, 2.45) is 0 Å². The Labute approximate surface area is 115 Å². The van der Waals surface area contributed by atoms with E-state index in [0.717, 1.165) is 25.8 Å². The molecule has 2 aliphatic rings. The van der Waals surface area contributed by atoms with Crippen LogP contribution in [0, 0.1) is 0 Å². The molecular weight excluding hydrogens is 238 g/mol. The van der Waals surface area contributed by atoms with E-state index >= 15 is 0 Å². The Bertz CT molecular complexity index is 417. The third-order valence-corrected chi connectivity index (χ3v) is 4.91. The number of aromatic nitrogens is 2. The van der Waals surface area contributed by atoms with Gasteiger partial charge in [0.05, 0.1) is 11.8 Å². The van der Waals surface area contributed by atoms with E-state index in [-0.39, 0.29) is 6.10 Å². The van der Waals surface area contributed by atoms with Crippen molar-refractivity contribution in [1.82, 2.24) is 14.7 Å². The monoisotopic (exact) mass is 263 g/mol. The summed E-state index contributed by atoms with van der Waals surface area (Å²) in [5, 5.41) is 14.5. The van der Waals surface area contributed by atoms with Crippen LogP contribution in [-0.4, -0.2) is 38.0 Å². The van der Waals surface area contributed by atoms with E-state index in [0.29, 0.717) is 18.1 Å². The van der Waals surface area contributed by atoms with E-state index in [4.69, 9.17) is 5.10 Å². The lowest BCUT2D eigenvalue weighted by atomic mass is 10.00. The molecule has 4 nitrogen and oxygen atoms in total. The molecule has 3 atom stereocenters. The molecule has 0 saturated carbocycles. The number of fused-ring (bicyclic) bond motifs is 2. The van der Waals surface area contributed by atoms with Gasteiger partial charge in [-0.2, -0.15) is 5.10 Å². The topological polar surface area (TPSA) is 41.3 Å². The van der Waals surface area contributed by atoms with Gasteiger partial charge in [0.2, 0.25) is 0 Å². The van der Waals surface area contributed by atoms with E-state index in [1.165, 1.54) is 18.5 Å². The van der Waals surface area contributed by atoms with Crippen molar-refractivity contribution in [2.75, 3.05) is 0 Å². The van der Waals surface area contributed by atoms with Gasteiger partial charge in [-0.25, -0.2) is 0 Å². The van der Waals surface area contributed by atoms with E-state index in [2.05, 4.69) is 35.7 Å². The summed E-state index contributed by atoms with van der Waals surface area (Å²) in [6.07, 6.45) is 7.52. The maximum atomic E-state index is 9.84. The third-order valence-electron chi connectivity index (χ3n) is 4.91. The smallest absolute Gasteiger partial charge is 0.0765 e. The molecule has 4 heteroatoms. The highest BCUT2D eigenvalue weighted by molar-refractivity contribution is 5.04. The molecule has 19 heavy (non-hydrogen) atoms. The maximum Gasteiger partial charge on any atom is 0.0765 e. The van der Waals surface area contributed by atoms with Crippen molar-refractivity contribution in [2.45, 2.75) is 76.7 Å². The highest BCUT2D eigenvalue weighted by Crippen LogP contribution is 2.36. The van der Waals surface area contributed by atoms with Gasteiger partial charge < -0.3 is 5.11 Å². The van der Waals surface area contributed by atoms with Gasteiger partial charge in [-0.1, -0.05) is 6.92 Å². The molecule has 0 amide bonds. The van der Waals surface area contributed by atoms with Gasteiger partial charge in [-0.15, -0.1) is 0 Å². The molecule has 3 unspecified atom stereocenters. The van der Waals surface area contributed by atoms with Crippen molar-refractivity contribution in [1.29, 1.82) is 0 Å². The molecular formula is C15H25N3O. The van der Waals surface area contributed by atoms with Crippen LogP contribution in [0.15, 0.2) is 12.3 Å². The van der Waals surface area contributed by atoms with Crippen LogP contribution in [0.4, 0.5) is 0 Å². The lowest BCUT2D eigenvalue weighted by molar-refractivity contribution is 0.0302. The van der Waals surface area contributed by atoms with E-state index in [1.54, 1.807) is 0 Å². The molecule has 3 heterocycles. The minimum atomic E-state index is -0.0774. The zero-order valence-electron chi connectivity index (χ0n) is 12.0. The van der Waals surface area contributed by atoms with Crippen molar-refractivity contribution in [3.8, 4) is 0 Å². The summed E-state index contributed by atoms with van der Waals surface area (Å²) in [6, 6.07) is 3.77. The SMILES string of the molecule is CCC(C)n1ccc(CN2C3CCC2CC(O)C3)n1. The first-order valence-corrected chi connectivity index (χ1v) is 7.65. The minimum absolute atomic E-state index is 0.0774. The van der Waals surface area contributed by atoms with Crippen LogP contribution in [0.3, 0.4) is 0 Å². The summed E-state index contributed by atoms with van der Waals surface area (Å²) >= 11 is 0. The predicted octanol–water partition coefficient (Wildman–Crippen LogP) is 2.34. The van der Waals surface area contributed by atoms with Crippen LogP contribution in [0.2, 0.25) is 0 Å². The maximum absolute atomic E-state index is 9.84. The first-order chi connectivity index (χ1) is 9.17. The van der Waals surface area contributed by atoms with Crippen LogP contribution in [0.5, 0.6) is 0 Å². The fourth-order valence-electron chi connectivity index (χ4n) is 3.58. The summed E-state index contributed by atoms with van der Waals surface area (Å²) in [5.74, 6) is 0. The highest BCUT2D eigenvalue weighted by Gasteiger charge is 2.40. The standard InChI is InChI=1S/C15H25N3O/c1-3-11(2)18-7-6-12(16-18)10-17-13-4-5-14(17)9-15(19)8-13/h6-7,11,13-15,19H,3-5,8-10H2,1-2H3. The van der Waals surface area contributed by atoms with Crippen LogP contribution in [0.1, 0.15) is 57.7 Å². The second-order valence-electron chi connectivity index (χ2n) is 6.23. The Hall–Kier alpha value is -0.870. The van der Waals surface area contributed by atoms with Gasteiger partial charge in [-0.3, -0.25) is 9.58 Å². The van der Waals surface area contributed by atoms with E-state index < -0.39 is 0 Å². The number of hydrogen-bond donors (Lipinski definition) is 1. The fraction of sp³-hybridized carbons (Fsp3) is 0.800. The number of hydrogen-bond acceptors (Lipinski definition) is 3. The number of nitrogens with zero attached hydrogens (tertiary/aromatic N) is 3. The molecule has 2 fully saturated rings. The predicted molar refractivity (Wildman–Crippen MR) is 74.8 cm³/mol. The molecule has 0 aliphatic carbocycles. The molecule has 0 spiro atoms. The van der Waals surface area contributed by atoms with Gasteiger partial charge in [0.25, 0.3) is 0 Å². The molecule has 3 rings (SSSR count). The fourth-order valence-corrected chi connectivity index (χ4v) is 3.58. The van der Waals surface area contributed by atoms with E-state index in [1.807, 2.05) is 0 Å². The summed E-state index contributed by atoms with van der Waals surface area (Å²) in [4.78, 5) is 2.57. The van der Waals surface area contributed by atoms with Gasteiger partial charge in [0.1, 0.15) is 0 Å².